The van der Waals surface area contributed by atoms with E-state index >= 15 is 0 Å². The van der Waals surface area contributed by atoms with Crippen LogP contribution in [0.5, 0.6) is 11.5 Å². The van der Waals surface area contributed by atoms with Gasteiger partial charge in [0.15, 0.2) is 89.0 Å². The third-order valence-corrected chi connectivity index (χ3v) is 37.8. The Hall–Kier alpha value is -13.3. The molecule has 604 valence electrons. The Kier molecular flexibility index (Phi) is 23.8. The molecule has 6 nitrogen and oxygen atoms in total. The van der Waals surface area contributed by atoms with Gasteiger partial charge in [0.25, 0.3) is 0 Å². The maximum absolute atomic E-state index is 13.2. The van der Waals surface area contributed by atoms with E-state index in [9.17, 15) is 22.0 Å². The van der Waals surface area contributed by atoms with Crippen molar-refractivity contribution in [3.63, 3.8) is 0 Å². The van der Waals surface area contributed by atoms with Gasteiger partial charge in [-0.2, -0.15) is 0 Å². The number of rotatable bonds is 6. The van der Waals surface area contributed by atoms with E-state index in [2.05, 4.69) is 284 Å². The Morgan fingerprint density at radius 1 is 0.256 bits per heavy atom. The smallest absolute Gasteiger partial charge is 0.216 e. The second-order valence-corrected chi connectivity index (χ2v) is 43.0. The van der Waals surface area contributed by atoms with Gasteiger partial charge in [-0.05, 0) is 231 Å². The largest absolute Gasteiger partial charge is 0.447 e. The highest BCUT2D eigenvalue weighted by Gasteiger charge is 2.46. The van der Waals surface area contributed by atoms with Crippen LogP contribution in [-0.4, -0.2) is 15.5 Å². The summed E-state index contributed by atoms with van der Waals surface area (Å²) in [5.74, 6) is 1.36. The second kappa shape index (κ2) is 36.6. The molecule has 0 atom stereocenters. The van der Waals surface area contributed by atoms with Crippen LogP contribution in [0.3, 0.4) is 0 Å². The number of hydrogen-bond acceptors (Lipinski definition) is 6. The number of benzene rings is 18. The Balaban J connectivity index is 0.0000000982. The molecule has 0 saturated heterocycles. The van der Waals surface area contributed by atoms with Crippen LogP contribution in [0.2, 0.25) is 0 Å². The van der Waals surface area contributed by atoms with E-state index in [0.717, 1.165) is 61.0 Å². The Morgan fingerprint density at radius 2 is 0.520 bits per heavy atom. The first-order valence-corrected chi connectivity index (χ1v) is 49.6. The molecule has 20 aromatic rings. The zero-order chi connectivity index (χ0) is 84.7. The number of nitrogens with zero attached hydrogens (tertiary/aromatic N) is 1. The first-order valence-electron chi connectivity index (χ1n) is 40.8. The van der Waals surface area contributed by atoms with Gasteiger partial charge >= 0.3 is 0 Å². The van der Waals surface area contributed by atoms with E-state index < -0.39 is 9.84 Å². The molecule has 0 spiro atoms. The predicted octanol–water partition coefficient (Wildman–Crippen LogP) is 29.6. The van der Waals surface area contributed by atoms with Crippen molar-refractivity contribution < 1.29 is 21.9 Å². The van der Waals surface area contributed by atoms with Crippen LogP contribution in [0.1, 0.15) is 0 Å². The van der Waals surface area contributed by atoms with Crippen molar-refractivity contribution in [1.82, 2.24) is 0 Å². The fourth-order valence-electron chi connectivity index (χ4n) is 16.1. The minimum Gasteiger partial charge on any atom is -0.447 e. The van der Waals surface area contributed by atoms with Crippen LogP contribution < -0.4 is 20.4 Å². The van der Waals surface area contributed by atoms with Gasteiger partial charge in [0.1, 0.15) is 65.0 Å². The normalized spacial score (nSPS) is 13.1. The molecule has 0 fully saturated rings. The average molecular weight is 1760 g/mol. The molecule has 4 aliphatic heterocycles. The summed E-state index contributed by atoms with van der Waals surface area (Å²) in [6.45, 7) is 0. The van der Waals surface area contributed by atoms with Crippen LogP contribution in [0, 0.1) is 11.6 Å². The van der Waals surface area contributed by atoms with E-state index in [4.69, 9.17) is 4.74 Å². The first kappa shape index (κ1) is 81.4. The molecule has 2 aromatic heterocycles. The fourth-order valence-corrected chi connectivity index (χ4v) is 32.4. The third-order valence-electron chi connectivity index (χ3n) is 21.7. The maximum atomic E-state index is 13.2. The number of halogens is 2. The van der Waals surface area contributed by atoms with Gasteiger partial charge in [0.2, 0.25) is 25.1 Å². The molecule has 18 aromatic carbocycles. The summed E-state index contributed by atoms with van der Waals surface area (Å²) in [5, 5.41) is 7.82. The molecule has 6 heterocycles. The number of thiophene rings is 1. The van der Waals surface area contributed by atoms with Crippen LogP contribution in [-0.2, 0) is 53.4 Å². The van der Waals surface area contributed by atoms with Crippen molar-refractivity contribution in [3.8, 4) is 21.3 Å². The van der Waals surface area contributed by atoms with Gasteiger partial charge in [-0.15, -0.1) is 0 Å². The Bertz CT molecular complexity index is 7190. The molecule has 1 N–H and O–H groups in total. The van der Waals surface area contributed by atoms with Gasteiger partial charge in [-0.1, -0.05) is 218 Å². The minimum absolute atomic E-state index is 0.0203. The van der Waals surface area contributed by atoms with Gasteiger partial charge < -0.3 is 15.0 Å². The lowest BCUT2D eigenvalue weighted by Gasteiger charge is -2.28. The van der Waals surface area contributed by atoms with E-state index in [1.54, 1.807) is 36.4 Å². The predicted molar refractivity (Wildman–Crippen MR) is 520 cm³/mol. The summed E-state index contributed by atoms with van der Waals surface area (Å²) in [7, 11) is -2.28. The topological polar surface area (TPSA) is 75.7 Å². The molecule has 24 rings (SSSR count). The lowest BCUT2D eigenvalue weighted by Crippen LogP contribution is -2.22. The van der Waals surface area contributed by atoms with Gasteiger partial charge in [0, 0.05) is 50.9 Å². The van der Waals surface area contributed by atoms with Gasteiger partial charge in [-0.25, -0.2) is 17.2 Å². The van der Waals surface area contributed by atoms with Crippen molar-refractivity contribution in [2.75, 3.05) is 17.3 Å². The molecule has 125 heavy (non-hydrogen) atoms. The maximum Gasteiger partial charge on any atom is 0.216 e. The van der Waals surface area contributed by atoms with Crippen molar-refractivity contribution in [2.24, 2.45) is 0 Å². The highest BCUT2D eigenvalue weighted by molar-refractivity contribution is 8.00. The highest BCUT2D eigenvalue weighted by Crippen LogP contribution is 2.53. The monoisotopic (exact) mass is 1750 g/mol. The average Bonchev–Trinajstić information content (AvgIpc) is 1.72. The first-order chi connectivity index (χ1) is 61.5. The van der Waals surface area contributed by atoms with Crippen molar-refractivity contribution in [1.29, 1.82) is 0 Å². The number of nitrogens with one attached hydrogen (secondary N) is 1. The summed E-state index contributed by atoms with van der Waals surface area (Å²) in [6.07, 6.45) is 0. The molecule has 0 amide bonds. The highest BCUT2D eigenvalue weighted by atomic mass is 32.2. The van der Waals surface area contributed by atoms with Crippen LogP contribution in [0.4, 0.5) is 31.5 Å². The lowest BCUT2D eigenvalue weighted by molar-refractivity contribution is 0.453. The lowest BCUT2D eigenvalue weighted by atomic mass is 10.2. The van der Waals surface area contributed by atoms with Gasteiger partial charge in [-0.3, -0.25) is 4.79 Å². The van der Waals surface area contributed by atoms with E-state index in [1.165, 1.54) is 94.2 Å². The molecule has 0 bridgehead atoms. The number of sulfone groups is 1. The molecular formula is C110H80F2N2O4S7+6. The van der Waals surface area contributed by atoms with Crippen LogP contribution >= 0.6 is 20.9 Å². The number of anilines is 4. The number of ether oxygens (including phenoxy) is 1. The molecule has 15 heteroatoms. The fraction of sp³-hybridized carbons (Fsp3) is 0.00909. The standard InChI is InChI=1S/C19H16NS.C19H13OS.C18H12FOS.C18H12FS.C18H14NS.C18H13O2S2/c1-20-16-11-5-7-13-18(16)21(15-9-3-2-4-10-15)19-14-8-6-12-17(19)20;20-19-15-10-4-6-12-17(15)21(14-8-2-1-3-9-14)18-13-7-5-11-16(18)19;19-13-9-11-14(12-10-13)21-17-7-3-1-5-15(17)20-16-6-2-4-8-18(16)21;19-13-9-11-14(12-10-13)20-17-7-3-1-5-15(17)16-6-2-4-8-18(16)20;1-2-8-14(9-3-1)20-17-12-6-4-10-15(17)19-16-11-5-7-13-18(16)20;19-22(20)17-12-6-4-10-15(17)21(14-8-2-1-3-9-14)16-11-5-7-13-18(16)22/h2-14H,1H3;1-13H;1-12H;1-12H;1-13,19H;1-13H/q6*+1. The third kappa shape index (κ3) is 16.4. The molecule has 0 unspecified atom stereocenters. The van der Waals surface area contributed by atoms with E-state index in [0.29, 0.717) is 9.79 Å². The molecular weight excluding hydrogens is 1680 g/mol. The zero-order valence-corrected chi connectivity index (χ0v) is 73.3. The van der Waals surface area contributed by atoms with Crippen LogP contribution in [0.25, 0.3) is 50.1 Å². The molecule has 0 saturated carbocycles. The molecule has 0 aliphatic carbocycles. The Labute approximate surface area is 743 Å². The molecule has 0 radical (unpaired) electrons. The number of para-hydroxylation sites is 6. The minimum atomic E-state index is -3.44. The number of fused-ring (bicyclic) bond motifs is 13. The summed E-state index contributed by atoms with van der Waals surface area (Å²) >= 11 is 0. The zero-order valence-electron chi connectivity index (χ0n) is 67.6. The number of hydrogen-bond donors (Lipinski definition) is 1. The summed E-state index contributed by atoms with van der Waals surface area (Å²) in [5.41, 5.74) is 5.20. The van der Waals surface area contributed by atoms with Crippen molar-refractivity contribution in [3.05, 3.63) is 483 Å². The van der Waals surface area contributed by atoms with Gasteiger partial charge in [0.05, 0.1) is 33.5 Å². The Morgan fingerprint density at radius 3 is 0.936 bits per heavy atom. The molecule has 4 aliphatic rings. The summed E-state index contributed by atoms with van der Waals surface area (Å²) in [4.78, 5) is 32.9. The second-order valence-electron chi connectivity index (χ2n) is 29.3. The van der Waals surface area contributed by atoms with Crippen molar-refractivity contribution >= 4 is 137 Å². The quantitative estimate of drug-likeness (QED) is 0.132. The van der Waals surface area contributed by atoms with Crippen molar-refractivity contribution in [2.45, 2.75) is 68.5 Å². The van der Waals surface area contributed by atoms with Crippen LogP contribution in [0.15, 0.2) is 534 Å². The summed E-state index contributed by atoms with van der Waals surface area (Å²) in [6, 6.07) is 154. The van der Waals surface area contributed by atoms with E-state index in [1.807, 2.05) is 146 Å². The van der Waals surface area contributed by atoms with E-state index in [-0.39, 0.29) is 81.6 Å². The SMILES string of the molecule is CN1c2ccccc2[S+](c2ccccc2)c2ccccc21.Fc1ccc(-[s+]2c3ccccc3c3ccccc32)cc1.Fc1ccc([S+]2c3ccccc3Oc3ccccc32)cc1.O=S1(=O)c2ccccc2[S+](c2ccccc2)c2ccccc21.O=c1c2ccccc2[s+](-c2ccccc2)c2ccccc12.c1ccc([S+]2c3ccccc3Nc3ccccc32)cc1. The summed E-state index contributed by atoms with van der Waals surface area (Å²) < 4.78 is 63.1.